The Labute approximate surface area is 66.9 Å². The van der Waals surface area contributed by atoms with E-state index in [4.69, 9.17) is 4.74 Å². The van der Waals surface area contributed by atoms with Crippen molar-refractivity contribution in [2.45, 2.75) is 6.92 Å². The smallest absolute Gasteiger partial charge is 0.333 e. The Balaban J connectivity index is 3.55. The second-order valence-electron chi connectivity index (χ2n) is 2.04. The Morgan fingerprint density at radius 1 is 1.64 bits per heavy atom. The summed E-state index contributed by atoms with van der Waals surface area (Å²) in [6.45, 7) is 8.79. The molecule has 0 amide bonds. The van der Waals surface area contributed by atoms with E-state index in [1.807, 2.05) is 0 Å². The molecule has 0 N–H and O–H groups in total. The molecule has 0 aliphatic heterocycles. The lowest BCUT2D eigenvalue weighted by Gasteiger charge is -1.98. The molecule has 2 heteroatoms. The summed E-state index contributed by atoms with van der Waals surface area (Å²) < 4.78 is 4.73. The van der Waals surface area contributed by atoms with Crippen molar-refractivity contribution in [1.82, 2.24) is 0 Å². The number of hydrogen-bond acceptors (Lipinski definition) is 2. The van der Waals surface area contributed by atoms with E-state index in [1.165, 1.54) is 0 Å². The maximum absolute atomic E-state index is 10.7. The lowest BCUT2D eigenvalue weighted by atomic mass is 10.4. The number of allylic oxidation sites excluding steroid dienone is 2. The van der Waals surface area contributed by atoms with E-state index < -0.39 is 0 Å². The van der Waals surface area contributed by atoms with Crippen LogP contribution >= 0.6 is 0 Å². The van der Waals surface area contributed by atoms with Gasteiger partial charge in [0.15, 0.2) is 0 Å². The molecule has 0 saturated carbocycles. The Morgan fingerprint density at radius 3 is 2.73 bits per heavy atom. The van der Waals surface area contributed by atoms with Gasteiger partial charge in [0.2, 0.25) is 0 Å². The van der Waals surface area contributed by atoms with Crippen LogP contribution in [0.4, 0.5) is 0 Å². The summed E-state index contributed by atoms with van der Waals surface area (Å²) >= 11 is 0. The van der Waals surface area contributed by atoms with Gasteiger partial charge in [-0.15, -0.1) is 0 Å². The molecule has 0 spiro atoms. The van der Waals surface area contributed by atoms with Crippen molar-refractivity contribution in [2.75, 3.05) is 6.61 Å². The van der Waals surface area contributed by atoms with Gasteiger partial charge in [0.25, 0.3) is 0 Å². The Morgan fingerprint density at radius 2 is 2.27 bits per heavy atom. The molecule has 0 atom stereocenters. The first-order valence-electron chi connectivity index (χ1n) is 3.28. The summed E-state index contributed by atoms with van der Waals surface area (Å²) in [6, 6.07) is 0. The Hall–Kier alpha value is -1.31. The number of rotatable bonds is 4. The molecular weight excluding hydrogens is 140 g/mol. The summed E-state index contributed by atoms with van der Waals surface area (Å²) in [5.74, 6) is -0.362. The number of carbonyl (C=O) groups is 1. The standard InChI is InChI=1S/C9H12O2/c1-4-5-6-7-11-9(10)8(2)3/h4-6H,1-2,7H2,3H3/b6-5+. The maximum atomic E-state index is 10.7. The summed E-state index contributed by atoms with van der Waals surface area (Å²) in [7, 11) is 0. The molecule has 2 nitrogen and oxygen atoms in total. The van der Waals surface area contributed by atoms with Gasteiger partial charge in [0, 0.05) is 5.57 Å². The summed E-state index contributed by atoms with van der Waals surface area (Å²) in [6.07, 6.45) is 5.04. The summed E-state index contributed by atoms with van der Waals surface area (Å²) in [5, 5.41) is 0. The molecular formula is C9H12O2. The molecule has 0 aliphatic carbocycles. The Bertz CT molecular complexity index is 190. The van der Waals surface area contributed by atoms with Gasteiger partial charge in [0.1, 0.15) is 6.61 Å². The van der Waals surface area contributed by atoms with Crippen LogP contribution in [0.1, 0.15) is 6.92 Å². The number of esters is 1. The summed E-state index contributed by atoms with van der Waals surface area (Å²) in [5.41, 5.74) is 0.414. The van der Waals surface area contributed by atoms with Crippen molar-refractivity contribution in [1.29, 1.82) is 0 Å². The second-order valence-corrected chi connectivity index (χ2v) is 2.04. The number of hydrogen-bond donors (Lipinski definition) is 0. The lowest BCUT2D eigenvalue weighted by Crippen LogP contribution is -2.04. The highest BCUT2D eigenvalue weighted by molar-refractivity contribution is 5.86. The van der Waals surface area contributed by atoms with Gasteiger partial charge < -0.3 is 4.74 Å². The molecule has 0 bridgehead atoms. The van der Waals surface area contributed by atoms with Gasteiger partial charge in [0.05, 0.1) is 0 Å². The molecule has 0 aromatic rings. The first-order chi connectivity index (χ1) is 5.18. The molecule has 60 valence electrons. The minimum atomic E-state index is -0.362. The van der Waals surface area contributed by atoms with Crippen LogP contribution in [0.5, 0.6) is 0 Å². The normalized spacial score (nSPS) is 9.55. The van der Waals surface area contributed by atoms with E-state index in [0.717, 1.165) is 0 Å². The third-order valence-electron chi connectivity index (χ3n) is 0.931. The number of carbonyl (C=O) groups excluding carboxylic acids is 1. The van der Waals surface area contributed by atoms with E-state index in [2.05, 4.69) is 13.2 Å². The predicted molar refractivity (Wildman–Crippen MR) is 45.1 cm³/mol. The lowest BCUT2D eigenvalue weighted by molar-refractivity contribution is -0.137. The quantitative estimate of drug-likeness (QED) is 0.349. The molecule has 0 saturated heterocycles. The molecule has 0 aliphatic rings. The van der Waals surface area contributed by atoms with E-state index in [-0.39, 0.29) is 12.6 Å². The van der Waals surface area contributed by atoms with Gasteiger partial charge in [-0.05, 0) is 13.0 Å². The van der Waals surface area contributed by atoms with Crippen molar-refractivity contribution < 1.29 is 9.53 Å². The molecule has 0 fully saturated rings. The monoisotopic (exact) mass is 152 g/mol. The largest absolute Gasteiger partial charge is 0.458 e. The topological polar surface area (TPSA) is 26.3 Å². The second kappa shape index (κ2) is 5.47. The van der Waals surface area contributed by atoms with Crippen LogP contribution in [0.15, 0.2) is 37.0 Å². The van der Waals surface area contributed by atoms with Crippen LogP contribution in [0, 0.1) is 0 Å². The minimum absolute atomic E-state index is 0.276. The zero-order valence-electron chi connectivity index (χ0n) is 6.67. The molecule has 0 unspecified atom stereocenters. The van der Waals surface area contributed by atoms with Gasteiger partial charge in [-0.25, -0.2) is 4.79 Å². The van der Waals surface area contributed by atoms with Crippen LogP contribution in [-0.2, 0) is 9.53 Å². The fourth-order valence-corrected chi connectivity index (χ4v) is 0.399. The van der Waals surface area contributed by atoms with Gasteiger partial charge >= 0.3 is 5.97 Å². The molecule has 11 heavy (non-hydrogen) atoms. The van der Waals surface area contributed by atoms with E-state index in [9.17, 15) is 4.79 Å². The SMILES string of the molecule is C=C/C=C/COC(=O)C(=C)C. The zero-order chi connectivity index (χ0) is 8.69. The van der Waals surface area contributed by atoms with Crippen LogP contribution in [0.25, 0.3) is 0 Å². The maximum Gasteiger partial charge on any atom is 0.333 e. The van der Waals surface area contributed by atoms with Crippen molar-refractivity contribution >= 4 is 5.97 Å². The molecule has 0 rings (SSSR count). The van der Waals surface area contributed by atoms with E-state index in [0.29, 0.717) is 5.57 Å². The third kappa shape index (κ3) is 5.15. The molecule has 0 aromatic carbocycles. The average molecular weight is 152 g/mol. The highest BCUT2D eigenvalue weighted by atomic mass is 16.5. The highest BCUT2D eigenvalue weighted by Crippen LogP contribution is 1.91. The van der Waals surface area contributed by atoms with Gasteiger partial charge in [-0.2, -0.15) is 0 Å². The van der Waals surface area contributed by atoms with Gasteiger partial charge in [-0.3, -0.25) is 0 Å². The minimum Gasteiger partial charge on any atom is -0.458 e. The highest BCUT2D eigenvalue weighted by Gasteiger charge is 1.99. The van der Waals surface area contributed by atoms with Crippen LogP contribution in [0.3, 0.4) is 0 Å². The molecule has 0 aromatic heterocycles. The van der Waals surface area contributed by atoms with Crippen molar-refractivity contribution in [3.05, 3.63) is 37.0 Å². The zero-order valence-corrected chi connectivity index (χ0v) is 6.67. The fourth-order valence-electron chi connectivity index (χ4n) is 0.399. The predicted octanol–water partition coefficient (Wildman–Crippen LogP) is 1.85. The van der Waals surface area contributed by atoms with E-state index in [1.54, 1.807) is 25.2 Å². The van der Waals surface area contributed by atoms with Crippen molar-refractivity contribution in [3.8, 4) is 0 Å². The molecule has 0 heterocycles. The van der Waals surface area contributed by atoms with E-state index >= 15 is 0 Å². The van der Waals surface area contributed by atoms with Crippen LogP contribution in [0.2, 0.25) is 0 Å². The van der Waals surface area contributed by atoms with Crippen LogP contribution in [-0.4, -0.2) is 12.6 Å². The average Bonchev–Trinajstić information content (AvgIpc) is 1.97. The Kier molecular flexibility index (Phi) is 4.82. The third-order valence-corrected chi connectivity index (χ3v) is 0.931. The fraction of sp³-hybridized carbons (Fsp3) is 0.222. The number of ether oxygens (including phenoxy) is 1. The molecule has 0 radical (unpaired) electrons. The first kappa shape index (κ1) is 9.69. The van der Waals surface area contributed by atoms with Crippen molar-refractivity contribution in [3.63, 3.8) is 0 Å². The van der Waals surface area contributed by atoms with Crippen molar-refractivity contribution in [2.24, 2.45) is 0 Å². The first-order valence-corrected chi connectivity index (χ1v) is 3.28. The van der Waals surface area contributed by atoms with Crippen LogP contribution < -0.4 is 0 Å². The van der Waals surface area contributed by atoms with Gasteiger partial charge in [-0.1, -0.05) is 25.3 Å². The summed E-state index contributed by atoms with van der Waals surface area (Å²) in [4.78, 5) is 10.7.